The van der Waals surface area contributed by atoms with Gasteiger partial charge in [0.25, 0.3) is 0 Å². The molecule has 1 atom stereocenters. The molecule has 0 aliphatic carbocycles. The van der Waals surface area contributed by atoms with Crippen LogP contribution >= 0.6 is 15.9 Å². The monoisotopic (exact) mass is 356 g/mol. The topological polar surface area (TPSA) is 78.4 Å². The highest BCUT2D eigenvalue weighted by Crippen LogP contribution is 2.21. The van der Waals surface area contributed by atoms with Gasteiger partial charge in [-0.3, -0.25) is 0 Å². The van der Waals surface area contributed by atoms with Crippen LogP contribution in [0.25, 0.3) is 0 Å². The number of rotatable bonds is 6. The van der Waals surface area contributed by atoms with Gasteiger partial charge in [0.2, 0.25) is 0 Å². The average molecular weight is 357 g/mol. The molecule has 0 aliphatic heterocycles. The van der Waals surface area contributed by atoms with Crippen LogP contribution in [0.15, 0.2) is 22.7 Å². The molecule has 0 aromatic heterocycles. The highest BCUT2D eigenvalue weighted by atomic mass is 79.9. The van der Waals surface area contributed by atoms with E-state index in [1.165, 1.54) is 6.07 Å². The van der Waals surface area contributed by atoms with Gasteiger partial charge >= 0.3 is 12.0 Å². The molecule has 0 radical (unpaired) electrons. The Hall–Kier alpha value is -1.56. The van der Waals surface area contributed by atoms with E-state index in [0.717, 1.165) is 12.8 Å². The number of carbonyl (C=O) groups is 2. The van der Waals surface area contributed by atoms with Crippen LogP contribution in [0.3, 0.4) is 0 Å². The van der Waals surface area contributed by atoms with Crippen LogP contribution in [0.1, 0.15) is 44.0 Å². The third kappa shape index (κ3) is 5.04. The Morgan fingerprint density at radius 1 is 1.29 bits per heavy atom. The number of nitrogens with one attached hydrogen (secondary N) is 2. The average Bonchev–Trinajstić information content (AvgIpc) is 2.41. The molecule has 1 aromatic carbocycles. The Morgan fingerprint density at radius 3 is 2.43 bits per heavy atom. The number of hydrogen-bond donors (Lipinski definition) is 3. The Morgan fingerprint density at radius 2 is 1.90 bits per heavy atom. The van der Waals surface area contributed by atoms with E-state index in [1.54, 1.807) is 12.1 Å². The van der Waals surface area contributed by atoms with Crippen LogP contribution in [0, 0.1) is 5.92 Å². The zero-order valence-electron chi connectivity index (χ0n) is 12.4. The molecule has 0 bridgehead atoms. The second-order valence-electron chi connectivity index (χ2n) is 4.96. The summed E-state index contributed by atoms with van der Waals surface area (Å²) in [6.07, 6.45) is 2.00. The molecule has 0 saturated carbocycles. The summed E-state index contributed by atoms with van der Waals surface area (Å²) in [6, 6.07) is 4.41. The molecule has 21 heavy (non-hydrogen) atoms. The molecule has 0 fully saturated rings. The van der Waals surface area contributed by atoms with Gasteiger partial charge in [0.15, 0.2) is 0 Å². The summed E-state index contributed by atoms with van der Waals surface area (Å²) in [5.41, 5.74) is 0.561. The number of anilines is 1. The standard InChI is InChI=1S/C15H21BrN2O3/c1-4-10(5-2)9(3)17-15(21)18-11-6-7-13(16)12(8-11)14(19)20/h6-10H,4-5H2,1-3H3,(H,19,20)(H2,17,18,21). The smallest absolute Gasteiger partial charge is 0.336 e. The van der Waals surface area contributed by atoms with E-state index in [4.69, 9.17) is 5.11 Å². The van der Waals surface area contributed by atoms with Crippen molar-refractivity contribution in [1.82, 2.24) is 5.32 Å². The first-order valence-corrected chi connectivity index (χ1v) is 7.78. The molecule has 0 saturated heterocycles. The number of carboxylic acids is 1. The lowest BCUT2D eigenvalue weighted by atomic mass is 9.96. The first-order chi connectivity index (χ1) is 9.88. The molecule has 1 rings (SSSR count). The summed E-state index contributed by atoms with van der Waals surface area (Å²) < 4.78 is 0.478. The van der Waals surface area contributed by atoms with Crippen molar-refractivity contribution < 1.29 is 14.7 Å². The van der Waals surface area contributed by atoms with Gasteiger partial charge in [-0.25, -0.2) is 9.59 Å². The molecule has 3 N–H and O–H groups in total. The minimum Gasteiger partial charge on any atom is -0.478 e. The van der Waals surface area contributed by atoms with Crippen molar-refractivity contribution >= 4 is 33.6 Å². The summed E-state index contributed by atoms with van der Waals surface area (Å²) in [6.45, 7) is 6.16. The molecule has 0 heterocycles. The van der Waals surface area contributed by atoms with Gasteiger partial charge in [-0.2, -0.15) is 0 Å². The van der Waals surface area contributed by atoms with Gasteiger partial charge in [-0.05, 0) is 47.0 Å². The van der Waals surface area contributed by atoms with Crippen molar-refractivity contribution in [2.45, 2.75) is 39.7 Å². The molecular weight excluding hydrogens is 336 g/mol. The molecule has 116 valence electrons. The predicted octanol–water partition coefficient (Wildman–Crippen LogP) is 4.09. The molecule has 0 aliphatic rings. The van der Waals surface area contributed by atoms with Crippen LogP contribution in [0.4, 0.5) is 10.5 Å². The van der Waals surface area contributed by atoms with Crippen LogP contribution in [0.2, 0.25) is 0 Å². The maximum absolute atomic E-state index is 11.9. The minimum atomic E-state index is -1.05. The van der Waals surface area contributed by atoms with Crippen molar-refractivity contribution in [3.8, 4) is 0 Å². The lowest BCUT2D eigenvalue weighted by Crippen LogP contribution is -2.40. The third-order valence-corrected chi connectivity index (χ3v) is 4.26. The summed E-state index contributed by atoms with van der Waals surface area (Å²) in [7, 11) is 0. The number of hydrogen-bond acceptors (Lipinski definition) is 2. The van der Waals surface area contributed by atoms with E-state index in [2.05, 4.69) is 40.4 Å². The Labute approximate surface area is 133 Å². The van der Waals surface area contributed by atoms with Crippen molar-refractivity contribution in [2.75, 3.05) is 5.32 Å². The second-order valence-corrected chi connectivity index (χ2v) is 5.82. The minimum absolute atomic E-state index is 0.0643. The lowest BCUT2D eigenvalue weighted by molar-refractivity contribution is 0.0696. The van der Waals surface area contributed by atoms with Gasteiger partial charge in [-0.15, -0.1) is 0 Å². The molecular formula is C15H21BrN2O3. The predicted molar refractivity (Wildman–Crippen MR) is 86.8 cm³/mol. The maximum Gasteiger partial charge on any atom is 0.336 e. The number of carboxylic acid groups (broad SMARTS) is 1. The number of benzene rings is 1. The summed E-state index contributed by atoms with van der Waals surface area (Å²) >= 11 is 3.17. The fraction of sp³-hybridized carbons (Fsp3) is 0.467. The Bertz CT molecular complexity index is 516. The maximum atomic E-state index is 11.9. The van der Waals surface area contributed by atoms with Crippen molar-refractivity contribution in [1.29, 1.82) is 0 Å². The molecule has 2 amide bonds. The van der Waals surface area contributed by atoms with Gasteiger partial charge in [0.05, 0.1) is 5.56 Å². The summed E-state index contributed by atoms with van der Waals surface area (Å²) in [5, 5.41) is 14.6. The molecule has 0 spiro atoms. The van der Waals surface area contributed by atoms with Crippen molar-refractivity contribution in [2.24, 2.45) is 5.92 Å². The second kappa shape index (κ2) is 8.02. The number of halogens is 1. The third-order valence-electron chi connectivity index (χ3n) is 3.57. The van der Waals surface area contributed by atoms with E-state index in [9.17, 15) is 9.59 Å². The first-order valence-electron chi connectivity index (χ1n) is 6.99. The first kappa shape index (κ1) is 17.5. The summed E-state index contributed by atoms with van der Waals surface area (Å²) in [4.78, 5) is 23.0. The van der Waals surface area contributed by atoms with Gasteiger partial charge in [0.1, 0.15) is 0 Å². The zero-order chi connectivity index (χ0) is 16.0. The number of carbonyl (C=O) groups excluding carboxylic acids is 1. The van der Waals surface area contributed by atoms with E-state index in [1.807, 2.05) is 6.92 Å². The fourth-order valence-corrected chi connectivity index (χ4v) is 2.67. The van der Waals surface area contributed by atoms with Crippen LogP contribution in [-0.2, 0) is 0 Å². The lowest BCUT2D eigenvalue weighted by Gasteiger charge is -2.22. The van der Waals surface area contributed by atoms with Crippen LogP contribution < -0.4 is 10.6 Å². The van der Waals surface area contributed by atoms with Gasteiger partial charge in [0, 0.05) is 16.2 Å². The molecule has 5 nitrogen and oxygen atoms in total. The number of amides is 2. The fourth-order valence-electron chi connectivity index (χ4n) is 2.25. The van der Waals surface area contributed by atoms with Crippen LogP contribution in [-0.4, -0.2) is 23.1 Å². The van der Waals surface area contributed by atoms with Gasteiger partial charge in [-0.1, -0.05) is 26.7 Å². The van der Waals surface area contributed by atoms with E-state index in [0.29, 0.717) is 16.1 Å². The van der Waals surface area contributed by atoms with Crippen molar-refractivity contribution in [3.05, 3.63) is 28.2 Å². The number of aromatic carboxylic acids is 1. The van der Waals surface area contributed by atoms with E-state index in [-0.39, 0.29) is 17.6 Å². The summed E-state index contributed by atoms with van der Waals surface area (Å²) in [5.74, 6) is -0.619. The number of urea groups is 1. The van der Waals surface area contributed by atoms with Crippen LogP contribution in [0.5, 0.6) is 0 Å². The van der Waals surface area contributed by atoms with E-state index < -0.39 is 5.97 Å². The molecule has 1 aromatic rings. The normalized spacial score (nSPS) is 12.0. The Balaban J connectivity index is 2.71. The van der Waals surface area contributed by atoms with Crippen molar-refractivity contribution in [3.63, 3.8) is 0 Å². The Kier molecular flexibility index (Phi) is 6.68. The molecule has 6 heteroatoms. The SMILES string of the molecule is CCC(CC)C(C)NC(=O)Nc1ccc(Br)c(C(=O)O)c1. The molecule has 1 unspecified atom stereocenters. The highest BCUT2D eigenvalue weighted by Gasteiger charge is 2.16. The van der Waals surface area contributed by atoms with E-state index >= 15 is 0 Å². The highest BCUT2D eigenvalue weighted by molar-refractivity contribution is 9.10. The van der Waals surface area contributed by atoms with Gasteiger partial charge < -0.3 is 15.7 Å². The zero-order valence-corrected chi connectivity index (χ0v) is 14.0. The quantitative estimate of drug-likeness (QED) is 0.717. The largest absolute Gasteiger partial charge is 0.478 e.